The fourth-order valence-electron chi connectivity index (χ4n) is 9.68. The molecule has 2 aliphatic heterocycles. The number of ketones is 2. The van der Waals surface area contributed by atoms with Crippen LogP contribution < -0.4 is 10.2 Å². The monoisotopic (exact) mass is 864 g/mol. The van der Waals surface area contributed by atoms with Crippen LogP contribution in [0.5, 0.6) is 0 Å². The van der Waals surface area contributed by atoms with Gasteiger partial charge in [-0.2, -0.15) is 23.5 Å². The number of aromatic nitrogens is 3. The second-order valence-corrected chi connectivity index (χ2v) is 17.6. The molecule has 0 bridgehead atoms. The number of likely N-dealkylation sites (tertiary alicyclic amines) is 1. The van der Waals surface area contributed by atoms with Crippen LogP contribution in [-0.4, -0.2) is 109 Å². The topological polar surface area (TPSA) is 163 Å². The number of carbonyl (C=O) groups is 4. The zero-order valence-electron chi connectivity index (χ0n) is 35.0. The largest absolute Gasteiger partial charge is 0.419 e. The number of nitriles is 1. The first-order valence-corrected chi connectivity index (χ1v) is 21.2. The number of pyridine rings is 1. The molecule has 18 heteroatoms. The summed E-state index contributed by atoms with van der Waals surface area (Å²) >= 11 is 5.71. The van der Waals surface area contributed by atoms with Gasteiger partial charge in [0.1, 0.15) is 23.2 Å². The fourth-order valence-corrected chi connectivity index (χ4v) is 10.2. The van der Waals surface area contributed by atoms with Crippen molar-refractivity contribution in [3.05, 3.63) is 47.4 Å². The number of fused-ring (bicyclic) bond motifs is 1. The molecule has 3 aromatic rings. The van der Waals surface area contributed by atoms with Gasteiger partial charge >= 0.3 is 6.18 Å². The number of benzene rings is 1. The van der Waals surface area contributed by atoms with Crippen molar-refractivity contribution in [3.8, 4) is 6.07 Å². The van der Waals surface area contributed by atoms with Gasteiger partial charge in [0.05, 0.1) is 78.7 Å². The van der Waals surface area contributed by atoms with Gasteiger partial charge in [-0.25, -0.2) is 4.98 Å². The van der Waals surface area contributed by atoms with E-state index in [1.54, 1.807) is 25.6 Å². The quantitative estimate of drug-likeness (QED) is 0.132. The van der Waals surface area contributed by atoms with Gasteiger partial charge in [-0.1, -0.05) is 12.1 Å². The Bertz CT molecular complexity index is 2260. The Morgan fingerprint density at radius 3 is 2.34 bits per heavy atom. The molecule has 2 aliphatic carbocycles. The molecule has 14 nitrogen and oxygen atoms in total. The van der Waals surface area contributed by atoms with Crippen molar-refractivity contribution in [1.29, 1.82) is 5.26 Å². The highest BCUT2D eigenvalue weighted by molar-refractivity contribution is 7.80. The number of nitrogens with zero attached hydrogens (tertiary/aromatic N) is 7. The van der Waals surface area contributed by atoms with Gasteiger partial charge in [0.25, 0.3) is 5.91 Å². The number of hydrogen-bond donors (Lipinski definition) is 1. The normalized spacial score (nSPS) is 26.3. The number of rotatable bonds is 11. The van der Waals surface area contributed by atoms with E-state index < -0.39 is 34.8 Å². The lowest BCUT2D eigenvalue weighted by Gasteiger charge is -2.42. The summed E-state index contributed by atoms with van der Waals surface area (Å²) in [5, 5.41) is 17.8. The van der Waals surface area contributed by atoms with Crippen molar-refractivity contribution < 1.29 is 41.8 Å². The molecule has 1 N–H and O–H groups in total. The molecule has 2 aromatic heterocycles. The molecule has 2 saturated carbocycles. The molecular weight excluding hydrogens is 814 g/mol. The molecule has 2 amide bonds. The van der Waals surface area contributed by atoms with Crippen molar-refractivity contribution >= 4 is 63.0 Å². The number of Topliss-reactive ketones (excluding diaryl/α,β-unsaturated/α-hetero) is 2. The summed E-state index contributed by atoms with van der Waals surface area (Å²) in [6, 6.07) is 7.83. The van der Waals surface area contributed by atoms with Gasteiger partial charge in [-0.3, -0.25) is 33.7 Å². The maximum absolute atomic E-state index is 13.7. The molecular formula is C43H51F3N8O6S. The highest BCUT2D eigenvalue weighted by Crippen LogP contribution is 2.41. The standard InChI is InChI=1S/C43H51F3N8O6S/c1-24-17-30(18-25(2)52(24)23-37(57)49-34-8-6-7-32-38(50-51(5)39(32)34)31-14-11-28(55)20-36(31)56)60-16-15-59-29-12-9-26(10-13-29)54-41(61)53(40(58)42(54,3)4)27-19-33(43(44,45)46)35(21-47)48-22-27/h6-8,19,22,24-26,29-31H,9-18,20,23H2,1-5H3,(H,49,57)/t24-,25+,26?,29?,30?,31?. The Kier molecular flexibility index (Phi) is 12.7. The maximum Gasteiger partial charge on any atom is 0.419 e. The predicted molar refractivity (Wildman–Crippen MR) is 223 cm³/mol. The van der Waals surface area contributed by atoms with Gasteiger partial charge < -0.3 is 19.7 Å². The number of thiocarbonyl (C=S) groups is 1. The Morgan fingerprint density at radius 1 is 1.03 bits per heavy atom. The van der Waals surface area contributed by atoms with Gasteiger partial charge in [0.2, 0.25) is 5.91 Å². The van der Waals surface area contributed by atoms with Crippen LogP contribution in [0.2, 0.25) is 0 Å². The van der Waals surface area contributed by atoms with E-state index in [1.807, 2.05) is 23.1 Å². The average Bonchev–Trinajstić information content (AvgIpc) is 3.62. The lowest BCUT2D eigenvalue weighted by molar-refractivity contribution is -0.138. The average molecular weight is 865 g/mol. The number of carbonyl (C=O) groups excluding carboxylic acids is 4. The van der Waals surface area contributed by atoms with Gasteiger partial charge in [0.15, 0.2) is 10.8 Å². The van der Waals surface area contributed by atoms with E-state index in [2.05, 4.69) is 34.1 Å². The van der Waals surface area contributed by atoms with Crippen LogP contribution in [0.25, 0.3) is 10.9 Å². The second kappa shape index (κ2) is 17.5. The van der Waals surface area contributed by atoms with E-state index in [1.165, 1.54) is 6.07 Å². The van der Waals surface area contributed by atoms with E-state index in [0.717, 1.165) is 40.9 Å². The summed E-state index contributed by atoms with van der Waals surface area (Å²) in [6.45, 7) is 8.61. The van der Waals surface area contributed by atoms with Crippen LogP contribution in [0.1, 0.15) is 108 Å². The summed E-state index contributed by atoms with van der Waals surface area (Å²) in [5.74, 6) is -1.21. The van der Waals surface area contributed by atoms with Crippen molar-refractivity contribution in [2.24, 2.45) is 7.05 Å². The van der Waals surface area contributed by atoms with Crippen LogP contribution in [0.4, 0.5) is 24.5 Å². The molecule has 4 heterocycles. The van der Waals surface area contributed by atoms with Crippen LogP contribution >= 0.6 is 12.2 Å². The summed E-state index contributed by atoms with van der Waals surface area (Å²) in [4.78, 5) is 60.4. The van der Waals surface area contributed by atoms with Gasteiger partial charge in [0, 0.05) is 37.0 Å². The summed E-state index contributed by atoms with van der Waals surface area (Å²) in [5.41, 5.74) is -1.24. The Morgan fingerprint density at radius 2 is 1.70 bits per heavy atom. The molecule has 2 saturated heterocycles. The zero-order valence-corrected chi connectivity index (χ0v) is 35.8. The number of hydrogen-bond acceptors (Lipinski definition) is 11. The third-order valence-electron chi connectivity index (χ3n) is 12.7. The first kappa shape index (κ1) is 44.2. The number of nitrogens with one attached hydrogen (secondary N) is 1. The van der Waals surface area contributed by atoms with Crippen molar-refractivity contribution in [2.45, 2.75) is 133 Å². The van der Waals surface area contributed by atoms with Crippen LogP contribution in [-0.2, 0) is 41.9 Å². The lowest BCUT2D eigenvalue weighted by Crippen LogP contribution is -2.51. The minimum Gasteiger partial charge on any atom is -0.376 e. The molecule has 4 atom stereocenters. The Hall–Kier alpha value is -4.83. The van der Waals surface area contributed by atoms with Crippen molar-refractivity contribution in [1.82, 2.24) is 24.6 Å². The predicted octanol–water partition coefficient (Wildman–Crippen LogP) is 6.20. The second-order valence-electron chi connectivity index (χ2n) is 17.2. The number of alkyl halides is 3. The van der Waals surface area contributed by atoms with Crippen LogP contribution in [0.15, 0.2) is 30.5 Å². The van der Waals surface area contributed by atoms with Gasteiger partial charge in [-0.05, 0) is 97.0 Å². The molecule has 0 radical (unpaired) electrons. The van der Waals surface area contributed by atoms with E-state index in [-0.39, 0.29) is 71.6 Å². The molecule has 61 heavy (non-hydrogen) atoms. The third kappa shape index (κ3) is 8.93. The Balaban J connectivity index is 0.861. The van der Waals surface area contributed by atoms with Crippen molar-refractivity contribution in [2.75, 3.05) is 30.0 Å². The van der Waals surface area contributed by atoms with E-state index in [4.69, 9.17) is 27.0 Å². The fraction of sp³-hybridized carbons (Fsp3) is 0.581. The highest BCUT2D eigenvalue weighted by atomic mass is 32.1. The number of amides is 2. The maximum atomic E-state index is 13.7. The van der Waals surface area contributed by atoms with Crippen molar-refractivity contribution in [3.63, 3.8) is 0 Å². The Labute approximate surface area is 357 Å². The van der Waals surface area contributed by atoms with Crippen LogP contribution in [0.3, 0.4) is 0 Å². The molecule has 7 rings (SSSR count). The number of halogens is 3. The summed E-state index contributed by atoms with van der Waals surface area (Å²) < 4.78 is 55.3. The highest BCUT2D eigenvalue weighted by Gasteiger charge is 2.53. The van der Waals surface area contributed by atoms with Gasteiger partial charge in [-0.15, -0.1) is 0 Å². The number of anilines is 2. The molecule has 1 aromatic carbocycles. The number of ether oxygens (including phenoxy) is 2. The first-order chi connectivity index (χ1) is 28.9. The summed E-state index contributed by atoms with van der Waals surface area (Å²) in [6.07, 6.45) is 1.19. The molecule has 0 spiro atoms. The first-order valence-electron chi connectivity index (χ1n) is 20.8. The van der Waals surface area contributed by atoms with E-state index in [0.29, 0.717) is 63.1 Å². The molecule has 4 aliphatic rings. The zero-order chi connectivity index (χ0) is 44.0. The SMILES string of the molecule is C[C@@H]1CC(OCCOC2CCC(N3C(=S)N(c4cnc(C#N)c(C(F)(F)F)c4)C(=O)C3(C)C)CC2)C[C@H](C)N1CC(=O)Nc1cccc2c(C3CCC(=O)CC3=O)nn(C)c12. The number of aryl methyl sites for hydroxylation is 1. The third-order valence-corrected chi connectivity index (χ3v) is 13.1. The number of para-hydroxylation sites is 1. The smallest absolute Gasteiger partial charge is 0.376 e. The molecule has 326 valence electrons. The molecule has 4 fully saturated rings. The lowest BCUT2D eigenvalue weighted by atomic mass is 9.84. The van der Waals surface area contributed by atoms with E-state index in [9.17, 15) is 32.3 Å². The minimum absolute atomic E-state index is 0.000426. The van der Waals surface area contributed by atoms with E-state index >= 15 is 0 Å². The number of piperidine rings is 1. The summed E-state index contributed by atoms with van der Waals surface area (Å²) in [7, 11) is 1.79. The van der Waals surface area contributed by atoms with Crippen LogP contribution in [0, 0.1) is 11.3 Å². The molecule has 2 unspecified atom stereocenters. The minimum atomic E-state index is -4.83.